The van der Waals surface area contributed by atoms with Crippen LogP contribution in [0.5, 0.6) is 0 Å². The largest absolute Gasteiger partial charge is 0.455 e. The van der Waals surface area contributed by atoms with Crippen molar-refractivity contribution in [2.75, 3.05) is 0 Å². The summed E-state index contributed by atoms with van der Waals surface area (Å²) in [5.41, 5.74) is 3.31. The molecular weight excluding hydrogens is 232 g/mol. The van der Waals surface area contributed by atoms with Crippen molar-refractivity contribution in [3.8, 4) is 0 Å². The van der Waals surface area contributed by atoms with Crippen molar-refractivity contribution >= 4 is 32.7 Å². The lowest BCUT2D eigenvalue weighted by Gasteiger charge is -1.97. The van der Waals surface area contributed by atoms with Crippen molar-refractivity contribution in [2.24, 2.45) is 0 Å². The lowest BCUT2D eigenvalue weighted by atomic mass is 10.0. The average Bonchev–Trinajstić information content (AvgIpc) is 2.85. The Morgan fingerprint density at radius 1 is 0.842 bits per heavy atom. The maximum atomic E-state index is 6.11. The van der Waals surface area contributed by atoms with Crippen LogP contribution in [0.1, 0.15) is 12.5 Å². The van der Waals surface area contributed by atoms with Gasteiger partial charge in [-0.3, -0.25) is 0 Å². The van der Waals surface area contributed by atoms with Crippen LogP contribution < -0.4 is 0 Å². The minimum Gasteiger partial charge on any atom is -0.455 e. The van der Waals surface area contributed by atoms with E-state index in [1.165, 1.54) is 27.1 Å². The first-order valence-corrected chi connectivity index (χ1v) is 6.69. The number of furan rings is 1. The molecule has 4 rings (SSSR count). The molecule has 0 aliphatic rings. The number of fused-ring (bicyclic) bond motifs is 5. The van der Waals surface area contributed by atoms with E-state index >= 15 is 0 Å². The van der Waals surface area contributed by atoms with Crippen LogP contribution in [-0.2, 0) is 6.42 Å². The molecule has 0 spiro atoms. The van der Waals surface area contributed by atoms with E-state index in [0.717, 1.165) is 17.6 Å². The van der Waals surface area contributed by atoms with Crippen molar-refractivity contribution in [1.29, 1.82) is 0 Å². The standard InChI is InChI=1S/C18H14O/c1-2-12-7-9-15-16-10-8-13-5-3-4-6-14(13)18(16)19-17(15)11-12/h3-11H,2H2,1H3. The molecule has 1 nitrogen and oxygen atoms in total. The third-order valence-corrected chi connectivity index (χ3v) is 3.84. The number of hydrogen-bond donors (Lipinski definition) is 0. The van der Waals surface area contributed by atoms with E-state index in [1.54, 1.807) is 0 Å². The van der Waals surface area contributed by atoms with Gasteiger partial charge in [-0.25, -0.2) is 0 Å². The van der Waals surface area contributed by atoms with Crippen molar-refractivity contribution in [3.63, 3.8) is 0 Å². The van der Waals surface area contributed by atoms with E-state index in [9.17, 15) is 0 Å². The molecule has 0 aliphatic heterocycles. The van der Waals surface area contributed by atoms with Crippen molar-refractivity contribution in [1.82, 2.24) is 0 Å². The molecule has 1 heteroatoms. The maximum absolute atomic E-state index is 6.11. The fourth-order valence-corrected chi connectivity index (χ4v) is 2.77. The molecule has 0 N–H and O–H groups in total. The predicted molar refractivity (Wildman–Crippen MR) is 80.6 cm³/mol. The summed E-state index contributed by atoms with van der Waals surface area (Å²) in [6, 6.07) is 19.2. The highest BCUT2D eigenvalue weighted by Crippen LogP contribution is 2.34. The van der Waals surface area contributed by atoms with E-state index in [-0.39, 0.29) is 0 Å². The Balaban J connectivity index is 2.20. The van der Waals surface area contributed by atoms with Gasteiger partial charge in [0.25, 0.3) is 0 Å². The Morgan fingerprint density at radius 2 is 1.68 bits per heavy atom. The lowest BCUT2D eigenvalue weighted by molar-refractivity contribution is 0.672. The van der Waals surface area contributed by atoms with E-state index in [2.05, 4.69) is 61.5 Å². The van der Waals surface area contributed by atoms with Crippen LogP contribution >= 0.6 is 0 Å². The van der Waals surface area contributed by atoms with Crippen molar-refractivity contribution in [2.45, 2.75) is 13.3 Å². The quantitative estimate of drug-likeness (QED) is 0.444. The van der Waals surface area contributed by atoms with E-state index in [1.807, 2.05) is 0 Å². The maximum Gasteiger partial charge on any atom is 0.143 e. The Labute approximate surface area is 111 Å². The highest BCUT2D eigenvalue weighted by molar-refractivity contribution is 6.14. The third kappa shape index (κ3) is 1.48. The van der Waals surface area contributed by atoms with Gasteiger partial charge in [-0.2, -0.15) is 0 Å². The summed E-state index contributed by atoms with van der Waals surface area (Å²) in [5.74, 6) is 0. The normalized spacial score (nSPS) is 11.6. The predicted octanol–water partition coefficient (Wildman–Crippen LogP) is 5.30. The van der Waals surface area contributed by atoms with Gasteiger partial charge in [0.1, 0.15) is 11.2 Å². The van der Waals surface area contributed by atoms with E-state index < -0.39 is 0 Å². The molecule has 0 aliphatic carbocycles. The van der Waals surface area contributed by atoms with Crippen molar-refractivity contribution in [3.05, 3.63) is 60.2 Å². The van der Waals surface area contributed by atoms with Crippen LogP contribution in [0.25, 0.3) is 32.7 Å². The van der Waals surface area contributed by atoms with Gasteiger partial charge in [-0.1, -0.05) is 49.4 Å². The van der Waals surface area contributed by atoms with Crippen LogP contribution in [0.15, 0.2) is 59.0 Å². The van der Waals surface area contributed by atoms with Gasteiger partial charge in [0.15, 0.2) is 0 Å². The Hall–Kier alpha value is -2.28. The highest BCUT2D eigenvalue weighted by Gasteiger charge is 2.09. The van der Waals surface area contributed by atoms with Gasteiger partial charge < -0.3 is 4.42 Å². The summed E-state index contributed by atoms with van der Waals surface area (Å²) in [6.45, 7) is 2.17. The van der Waals surface area contributed by atoms with Crippen LogP contribution in [0, 0.1) is 0 Å². The molecule has 0 unspecified atom stereocenters. The number of benzene rings is 3. The topological polar surface area (TPSA) is 13.1 Å². The molecule has 0 saturated heterocycles. The van der Waals surface area contributed by atoms with Gasteiger partial charge in [0.2, 0.25) is 0 Å². The molecule has 1 aromatic heterocycles. The summed E-state index contributed by atoms with van der Waals surface area (Å²) in [7, 11) is 0. The van der Waals surface area contributed by atoms with Crippen molar-refractivity contribution < 1.29 is 4.42 Å². The number of rotatable bonds is 1. The summed E-state index contributed by atoms with van der Waals surface area (Å²) < 4.78 is 6.11. The molecule has 0 saturated carbocycles. The first-order valence-electron chi connectivity index (χ1n) is 6.69. The second-order valence-electron chi connectivity index (χ2n) is 4.95. The Kier molecular flexibility index (Phi) is 2.16. The lowest BCUT2D eigenvalue weighted by Crippen LogP contribution is -1.77. The zero-order chi connectivity index (χ0) is 12.8. The van der Waals surface area contributed by atoms with Gasteiger partial charge >= 0.3 is 0 Å². The van der Waals surface area contributed by atoms with Crippen LogP contribution in [0.2, 0.25) is 0 Å². The Bertz CT molecular complexity index is 899. The SMILES string of the molecule is CCc1ccc2c(c1)oc1c3ccccc3ccc21. The van der Waals surface area contributed by atoms with Crippen LogP contribution in [-0.4, -0.2) is 0 Å². The molecule has 3 aromatic carbocycles. The zero-order valence-electron chi connectivity index (χ0n) is 10.8. The molecule has 1 heterocycles. The van der Waals surface area contributed by atoms with Gasteiger partial charge in [0.05, 0.1) is 0 Å². The molecule has 0 fully saturated rings. The van der Waals surface area contributed by atoms with E-state index in [4.69, 9.17) is 4.42 Å². The van der Waals surface area contributed by atoms with Gasteiger partial charge in [-0.05, 0) is 29.5 Å². The molecule has 0 atom stereocenters. The smallest absolute Gasteiger partial charge is 0.143 e. The first kappa shape index (κ1) is 10.6. The second kappa shape index (κ2) is 3.86. The zero-order valence-corrected chi connectivity index (χ0v) is 10.8. The van der Waals surface area contributed by atoms with Gasteiger partial charge in [-0.15, -0.1) is 0 Å². The molecule has 0 bridgehead atoms. The van der Waals surface area contributed by atoms with E-state index in [0.29, 0.717) is 0 Å². The van der Waals surface area contributed by atoms with Gasteiger partial charge in [0, 0.05) is 16.2 Å². The minimum atomic E-state index is 0.991. The highest BCUT2D eigenvalue weighted by atomic mass is 16.3. The molecule has 19 heavy (non-hydrogen) atoms. The fraction of sp³-hybridized carbons (Fsp3) is 0.111. The fourth-order valence-electron chi connectivity index (χ4n) is 2.77. The molecule has 92 valence electrons. The third-order valence-electron chi connectivity index (χ3n) is 3.84. The Morgan fingerprint density at radius 3 is 2.58 bits per heavy atom. The molecule has 0 radical (unpaired) electrons. The summed E-state index contributed by atoms with van der Waals surface area (Å²) in [4.78, 5) is 0. The number of hydrogen-bond acceptors (Lipinski definition) is 1. The monoisotopic (exact) mass is 246 g/mol. The minimum absolute atomic E-state index is 0.991. The molecule has 0 amide bonds. The average molecular weight is 246 g/mol. The van der Waals surface area contributed by atoms with Crippen LogP contribution in [0.4, 0.5) is 0 Å². The molecule has 4 aromatic rings. The second-order valence-corrected chi connectivity index (χ2v) is 4.95. The first-order chi connectivity index (χ1) is 9.36. The van der Waals surface area contributed by atoms with Crippen LogP contribution in [0.3, 0.4) is 0 Å². The molecular formula is C18H14O. The summed E-state index contributed by atoms with van der Waals surface area (Å²) in [6.07, 6.45) is 1.04. The number of aryl methyl sites for hydroxylation is 1. The summed E-state index contributed by atoms with van der Waals surface area (Å²) >= 11 is 0. The summed E-state index contributed by atoms with van der Waals surface area (Å²) in [5, 5.41) is 4.83.